The molecule has 0 radical (unpaired) electrons. The normalized spacial score (nSPS) is 11.3. The SMILES string of the molecule is CC(C)N(c1cccc(Nc2cc(-c3ccccc3OCc3ccccc3)ncn2)c1)S(C)(=O)=O. The van der Waals surface area contributed by atoms with E-state index in [1.807, 2.05) is 86.6 Å². The number of ether oxygens (including phenoxy) is 1. The molecule has 4 aromatic rings. The second-order valence-electron chi connectivity index (χ2n) is 8.39. The van der Waals surface area contributed by atoms with Gasteiger partial charge in [0.2, 0.25) is 10.0 Å². The fourth-order valence-electron chi connectivity index (χ4n) is 3.85. The predicted molar refractivity (Wildman–Crippen MR) is 140 cm³/mol. The number of para-hydroxylation sites is 1. The topological polar surface area (TPSA) is 84.4 Å². The van der Waals surface area contributed by atoms with Crippen LogP contribution in [0.5, 0.6) is 5.75 Å². The largest absolute Gasteiger partial charge is 0.488 e. The summed E-state index contributed by atoms with van der Waals surface area (Å²) in [6, 6.07) is 26.6. The van der Waals surface area contributed by atoms with Crippen molar-refractivity contribution in [3.05, 3.63) is 96.8 Å². The van der Waals surface area contributed by atoms with Crippen LogP contribution in [0.25, 0.3) is 11.3 Å². The van der Waals surface area contributed by atoms with Gasteiger partial charge in [0.1, 0.15) is 24.5 Å². The van der Waals surface area contributed by atoms with E-state index in [0.717, 1.165) is 22.6 Å². The molecule has 0 aliphatic carbocycles. The smallest absolute Gasteiger partial charge is 0.232 e. The molecule has 0 aliphatic rings. The Morgan fingerprint density at radius 2 is 1.66 bits per heavy atom. The van der Waals surface area contributed by atoms with Crippen LogP contribution in [0.15, 0.2) is 91.3 Å². The van der Waals surface area contributed by atoms with Crippen LogP contribution in [0.4, 0.5) is 17.2 Å². The molecule has 0 saturated carbocycles. The van der Waals surface area contributed by atoms with Gasteiger partial charge < -0.3 is 10.1 Å². The van der Waals surface area contributed by atoms with Gasteiger partial charge in [0.15, 0.2) is 0 Å². The zero-order valence-corrected chi connectivity index (χ0v) is 20.7. The number of aromatic nitrogens is 2. The van der Waals surface area contributed by atoms with E-state index in [0.29, 0.717) is 23.8 Å². The lowest BCUT2D eigenvalue weighted by Crippen LogP contribution is -2.36. The number of anilines is 3. The van der Waals surface area contributed by atoms with Crippen molar-refractivity contribution in [1.29, 1.82) is 0 Å². The minimum absolute atomic E-state index is 0.210. The maximum Gasteiger partial charge on any atom is 0.232 e. The van der Waals surface area contributed by atoms with Crippen LogP contribution in [-0.2, 0) is 16.6 Å². The molecule has 7 nitrogen and oxygen atoms in total. The highest BCUT2D eigenvalue weighted by Gasteiger charge is 2.21. The number of hydrogen-bond donors (Lipinski definition) is 1. The Morgan fingerprint density at radius 1 is 0.914 bits per heavy atom. The first-order valence-electron chi connectivity index (χ1n) is 11.3. The predicted octanol–water partition coefficient (Wildman–Crippen LogP) is 5.64. The lowest BCUT2D eigenvalue weighted by Gasteiger charge is -2.26. The van der Waals surface area contributed by atoms with E-state index in [1.165, 1.54) is 16.9 Å². The van der Waals surface area contributed by atoms with Crippen molar-refractivity contribution < 1.29 is 13.2 Å². The average molecular weight is 489 g/mol. The highest BCUT2D eigenvalue weighted by atomic mass is 32.2. The standard InChI is InChI=1S/C27H28N4O3S/c1-20(2)31(35(3,32)33)23-13-9-12-22(16-23)30-27-17-25(28-19-29-27)24-14-7-8-15-26(24)34-18-21-10-5-4-6-11-21/h4-17,19-20H,18H2,1-3H3,(H,28,29,30). The van der Waals surface area contributed by atoms with Crippen LogP contribution in [0, 0.1) is 0 Å². The van der Waals surface area contributed by atoms with E-state index in [4.69, 9.17) is 4.74 Å². The van der Waals surface area contributed by atoms with Crippen LogP contribution in [0.3, 0.4) is 0 Å². The molecule has 4 rings (SSSR count). The van der Waals surface area contributed by atoms with Crippen molar-refractivity contribution in [2.75, 3.05) is 15.9 Å². The minimum atomic E-state index is -3.41. The summed E-state index contributed by atoms with van der Waals surface area (Å²) in [4.78, 5) is 8.80. The second kappa shape index (κ2) is 10.6. The first kappa shape index (κ1) is 24.2. The third-order valence-electron chi connectivity index (χ3n) is 5.27. The molecule has 0 saturated heterocycles. The van der Waals surface area contributed by atoms with Gasteiger partial charge in [-0.15, -0.1) is 0 Å². The fourth-order valence-corrected chi connectivity index (χ4v) is 5.12. The molecule has 8 heteroatoms. The van der Waals surface area contributed by atoms with Gasteiger partial charge in [-0.1, -0.05) is 48.5 Å². The fraction of sp³-hybridized carbons (Fsp3) is 0.185. The molecule has 1 heterocycles. The molecule has 0 aliphatic heterocycles. The van der Waals surface area contributed by atoms with Crippen molar-refractivity contribution >= 4 is 27.2 Å². The van der Waals surface area contributed by atoms with Crippen molar-refractivity contribution in [3.8, 4) is 17.0 Å². The summed E-state index contributed by atoms with van der Waals surface area (Å²) < 4.78 is 32.1. The molecular formula is C27H28N4O3S. The van der Waals surface area contributed by atoms with E-state index >= 15 is 0 Å². The van der Waals surface area contributed by atoms with Gasteiger partial charge in [-0.05, 0) is 49.7 Å². The van der Waals surface area contributed by atoms with E-state index in [1.54, 1.807) is 12.1 Å². The molecule has 0 amide bonds. The van der Waals surface area contributed by atoms with Gasteiger partial charge in [0.05, 0.1) is 17.6 Å². The zero-order valence-electron chi connectivity index (χ0n) is 19.9. The Bertz CT molecular complexity index is 1390. The quantitative estimate of drug-likeness (QED) is 0.328. The van der Waals surface area contributed by atoms with Gasteiger partial charge in [0, 0.05) is 23.4 Å². The average Bonchev–Trinajstić information content (AvgIpc) is 2.83. The molecule has 1 N–H and O–H groups in total. The summed E-state index contributed by atoms with van der Waals surface area (Å²) in [6.45, 7) is 4.14. The first-order valence-corrected chi connectivity index (χ1v) is 13.1. The lowest BCUT2D eigenvalue weighted by atomic mass is 10.1. The molecule has 3 aromatic carbocycles. The Labute approximate surface area is 206 Å². The Hall–Kier alpha value is -3.91. The molecule has 35 heavy (non-hydrogen) atoms. The summed E-state index contributed by atoms with van der Waals surface area (Å²) in [5.41, 5.74) is 3.95. The van der Waals surface area contributed by atoms with Crippen LogP contribution >= 0.6 is 0 Å². The molecule has 0 spiro atoms. The van der Waals surface area contributed by atoms with Gasteiger partial charge in [-0.3, -0.25) is 4.31 Å². The summed E-state index contributed by atoms with van der Waals surface area (Å²) in [7, 11) is -3.41. The van der Waals surface area contributed by atoms with Crippen LogP contribution in [0.2, 0.25) is 0 Å². The second-order valence-corrected chi connectivity index (χ2v) is 10.2. The Kier molecular flexibility index (Phi) is 7.31. The van der Waals surface area contributed by atoms with Crippen molar-refractivity contribution in [2.24, 2.45) is 0 Å². The van der Waals surface area contributed by atoms with Gasteiger partial charge >= 0.3 is 0 Å². The summed E-state index contributed by atoms with van der Waals surface area (Å²) in [5, 5.41) is 3.26. The van der Waals surface area contributed by atoms with Crippen LogP contribution < -0.4 is 14.4 Å². The van der Waals surface area contributed by atoms with Gasteiger partial charge in [-0.2, -0.15) is 0 Å². The Balaban J connectivity index is 1.57. The molecule has 0 unspecified atom stereocenters. The number of rotatable bonds is 9. The molecule has 180 valence electrons. The van der Waals surface area contributed by atoms with Gasteiger partial charge in [-0.25, -0.2) is 18.4 Å². The monoisotopic (exact) mass is 488 g/mol. The maximum atomic E-state index is 12.3. The number of nitrogens with one attached hydrogen (secondary N) is 1. The number of hydrogen-bond acceptors (Lipinski definition) is 6. The van der Waals surface area contributed by atoms with Crippen molar-refractivity contribution in [1.82, 2.24) is 9.97 Å². The number of benzene rings is 3. The van der Waals surface area contributed by atoms with Crippen molar-refractivity contribution in [2.45, 2.75) is 26.5 Å². The van der Waals surface area contributed by atoms with E-state index in [2.05, 4.69) is 15.3 Å². The van der Waals surface area contributed by atoms with Crippen LogP contribution in [-0.4, -0.2) is 30.7 Å². The maximum absolute atomic E-state index is 12.3. The summed E-state index contributed by atoms with van der Waals surface area (Å²) >= 11 is 0. The highest BCUT2D eigenvalue weighted by Crippen LogP contribution is 2.31. The Morgan fingerprint density at radius 3 is 2.40 bits per heavy atom. The van der Waals surface area contributed by atoms with Crippen LogP contribution in [0.1, 0.15) is 19.4 Å². The molecule has 0 atom stereocenters. The zero-order chi connectivity index (χ0) is 24.8. The lowest BCUT2D eigenvalue weighted by molar-refractivity contribution is 0.307. The van der Waals surface area contributed by atoms with E-state index in [9.17, 15) is 8.42 Å². The molecule has 1 aromatic heterocycles. The van der Waals surface area contributed by atoms with Crippen molar-refractivity contribution in [3.63, 3.8) is 0 Å². The third kappa shape index (κ3) is 6.16. The highest BCUT2D eigenvalue weighted by molar-refractivity contribution is 7.92. The number of sulfonamides is 1. The molecular weight excluding hydrogens is 460 g/mol. The number of nitrogens with zero attached hydrogens (tertiary/aromatic N) is 3. The van der Waals surface area contributed by atoms with Gasteiger partial charge in [0.25, 0.3) is 0 Å². The molecule has 0 fully saturated rings. The molecule has 0 bridgehead atoms. The first-order chi connectivity index (χ1) is 16.8. The van der Waals surface area contributed by atoms with E-state index in [-0.39, 0.29) is 6.04 Å². The van der Waals surface area contributed by atoms with E-state index < -0.39 is 10.0 Å². The third-order valence-corrected chi connectivity index (χ3v) is 6.61. The summed E-state index contributed by atoms with van der Waals surface area (Å²) in [5.74, 6) is 1.31. The minimum Gasteiger partial charge on any atom is -0.488 e. The summed E-state index contributed by atoms with van der Waals surface area (Å²) in [6.07, 6.45) is 2.70.